The van der Waals surface area contributed by atoms with Gasteiger partial charge in [-0.1, -0.05) is 36.4 Å². The first-order valence-electron chi connectivity index (χ1n) is 7.11. The van der Waals surface area contributed by atoms with Crippen LogP contribution in [0.15, 0.2) is 65.5 Å². The van der Waals surface area contributed by atoms with Crippen molar-refractivity contribution in [1.29, 1.82) is 0 Å². The Morgan fingerprint density at radius 1 is 0.957 bits per heavy atom. The van der Waals surface area contributed by atoms with Crippen molar-refractivity contribution >= 4 is 50.2 Å². The molecule has 4 rings (SSSR count). The fourth-order valence-electron chi connectivity index (χ4n) is 2.81. The van der Waals surface area contributed by atoms with Crippen molar-refractivity contribution in [1.82, 2.24) is 9.55 Å². The molecule has 0 unspecified atom stereocenters. The number of hydrogen-bond acceptors (Lipinski definition) is 3. The third-order valence-corrected chi connectivity index (χ3v) is 4.53. The molecule has 0 aliphatic carbocycles. The van der Waals surface area contributed by atoms with E-state index in [1.54, 1.807) is 0 Å². The summed E-state index contributed by atoms with van der Waals surface area (Å²) in [6, 6.07) is 19.3. The topological polar surface area (TPSA) is 60.9 Å². The summed E-state index contributed by atoms with van der Waals surface area (Å²) in [7, 11) is 0. The number of halogens is 1. The van der Waals surface area contributed by atoms with Gasteiger partial charge < -0.3 is 5.73 Å². The van der Waals surface area contributed by atoms with Gasteiger partial charge in [0.2, 0.25) is 5.95 Å². The average Bonchev–Trinajstić information content (AvgIpc) is 2.56. The van der Waals surface area contributed by atoms with Gasteiger partial charge >= 0.3 is 0 Å². The minimum atomic E-state index is -0.151. The van der Waals surface area contributed by atoms with Gasteiger partial charge in [0, 0.05) is 8.96 Å². The average molecular weight is 413 g/mol. The van der Waals surface area contributed by atoms with E-state index in [0.717, 1.165) is 20.0 Å². The lowest BCUT2D eigenvalue weighted by Gasteiger charge is -2.13. The van der Waals surface area contributed by atoms with Gasteiger partial charge in [0.15, 0.2) is 0 Å². The van der Waals surface area contributed by atoms with E-state index in [9.17, 15) is 4.79 Å². The molecule has 23 heavy (non-hydrogen) atoms. The van der Waals surface area contributed by atoms with E-state index in [2.05, 4.69) is 27.6 Å². The van der Waals surface area contributed by atoms with E-state index in [4.69, 9.17) is 5.73 Å². The van der Waals surface area contributed by atoms with Crippen LogP contribution in [0.4, 0.5) is 5.95 Å². The Kier molecular flexibility index (Phi) is 3.30. The maximum absolute atomic E-state index is 13.0. The number of rotatable bonds is 1. The Bertz CT molecular complexity index is 1110. The molecule has 0 atom stereocenters. The second kappa shape index (κ2) is 5.34. The maximum Gasteiger partial charge on any atom is 0.267 e. The van der Waals surface area contributed by atoms with Crippen LogP contribution in [0, 0.1) is 3.57 Å². The molecule has 0 spiro atoms. The van der Waals surface area contributed by atoms with Crippen molar-refractivity contribution in [3.63, 3.8) is 0 Å². The third-order valence-electron chi connectivity index (χ3n) is 3.86. The number of benzene rings is 3. The molecule has 4 aromatic rings. The number of nitrogens with zero attached hydrogens (tertiary/aromatic N) is 2. The number of hydrogen-bond donors (Lipinski definition) is 1. The fourth-order valence-corrected chi connectivity index (χ4v) is 3.30. The van der Waals surface area contributed by atoms with Gasteiger partial charge in [-0.2, -0.15) is 0 Å². The second-order valence-electron chi connectivity index (χ2n) is 5.27. The van der Waals surface area contributed by atoms with Gasteiger partial charge in [-0.3, -0.25) is 4.79 Å². The van der Waals surface area contributed by atoms with Gasteiger partial charge in [0.25, 0.3) is 5.56 Å². The molecule has 0 saturated carbocycles. The Hall–Kier alpha value is -2.41. The molecule has 0 saturated heterocycles. The zero-order valence-electron chi connectivity index (χ0n) is 12.0. The van der Waals surface area contributed by atoms with Gasteiger partial charge in [-0.15, -0.1) is 0 Å². The highest BCUT2D eigenvalue weighted by atomic mass is 127. The number of fused-ring (bicyclic) bond motifs is 2. The molecule has 0 fully saturated rings. The van der Waals surface area contributed by atoms with Gasteiger partial charge in [0.1, 0.15) is 0 Å². The van der Waals surface area contributed by atoms with Crippen LogP contribution in [0.25, 0.3) is 27.4 Å². The molecule has 4 nitrogen and oxygen atoms in total. The highest BCUT2D eigenvalue weighted by Crippen LogP contribution is 2.23. The standard InChI is InChI=1S/C18H12IN3O/c19-12-8-9-15-14(10-12)17(23)22(18(20)21-15)16-7-3-5-11-4-1-2-6-13(11)16/h1-10H,(H2,20,21). The highest BCUT2D eigenvalue weighted by molar-refractivity contribution is 14.1. The molecule has 3 aromatic carbocycles. The first kappa shape index (κ1) is 14.2. The number of nitrogens with two attached hydrogens (primary N) is 1. The van der Waals surface area contributed by atoms with Gasteiger partial charge in [0.05, 0.1) is 16.6 Å². The quantitative estimate of drug-likeness (QED) is 0.484. The van der Waals surface area contributed by atoms with Crippen molar-refractivity contribution < 1.29 is 0 Å². The molecule has 1 heterocycles. The second-order valence-corrected chi connectivity index (χ2v) is 6.52. The molecule has 0 aliphatic heterocycles. The van der Waals surface area contributed by atoms with Crippen molar-refractivity contribution in [2.75, 3.05) is 5.73 Å². The Morgan fingerprint density at radius 2 is 1.74 bits per heavy atom. The third kappa shape index (κ3) is 2.28. The van der Waals surface area contributed by atoms with E-state index in [1.165, 1.54) is 4.57 Å². The predicted octanol–water partition coefficient (Wildman–Crippen LogP) is 3.73. The van der Waals surface area contributed by atoms with Crippen LogP contribution in [0.1, 0.15) is 0 Å². The molecule has 0 radical (unpaired) electrons. The Morgan fingerprint density at radius 3 is 2.61 bits per heavy atom. The first-order chi connectivity index (χ1) is 11.1. The first-order valence-corrected chi connectivity index (χ1v) is 8.19. The SMILES string of the molecule is Nc1nc2ccc(I)cc2c(=O)n1-c1cccc2ccccc12. The van der Waals surface area contributed by atoms with E-state index in [1.807, 2.05) is 60.7 Å². The van der Waals surface area contributed by atoms with E-state index in [0.29, 0.717) is 10.9 Å². The lowest BCUT2D eigenvalue weighted by atomic mass is 10.1. The van der Waals surface area contributed by atoms with Crippen molar-refractivity contribution in [3.8, 4) is 5.69 Å². The zero-order chi connectivity index (χ0) is 16.0. The highest BCUT2D eigenvalue weighted by Gasteiger charge is 2.12. The van der Waals surface area contributed by atoms with E-state index < -0.39 is 0 Å². The Labute approximate surface area is 145 Å². The van der Waals surface area contributed by atoms with E-state index in [-0.39, 0.29) is 11.5 Å². The molecular weight excluding hydrogens is 401 g/mol. The number of aromatic nitrogens is 2. The lowest BCUT2D eigenvalue weighted by Crippen LogP contribution is -2.23. The molecule has 0 amide bonds. The summed E-state index contributed by atoms with van der Waals surface area (Å²) in [4.78, 5) is 17.4. The summed E-state index contributed by atoms with van der Waals surface area (Å²) in [5.74, 6) is 0.195. The van der Waals surface area contributed by atoms with Crippen molar-refractivity contribution in [2.45, 2.75) is 0 Å². The summed E-state index contributed by atoms with van der Waals surface area (Å²) >= 11 is 2.19. The van der Waals surface area contributed by atoms with E-state index >= 15 is 0 Å². The predicted molar refractivity (Wildman–Crippen MR) is 102 cm³/mol. The molecular formula is C18H12IN3O. The van der Waals surface area contributed by atoms with Crippen LogP contribution >= 0.6 is 22.6 Å². The van der Waals surface area contributed by atoms with Crippen molar-refractivity contribution in [2.24, 2.45) is 0 Å². The van der Waals surface area contributed by atoms with Crippen LogP contribution in [0.2, 0.25) is 0 Å². The Balaban J connectivity index is 2.15. The minimum absolute atomic E-state index is 0.151. The maximum atomic E-state index is 13.0. The number of anilines is 1. The summed E-state index contributed by atoms with van der Waals surface area (Å²) in [6.45, 7) is 0. The molecule has 112 valence electrons. The van der Waals surface area contributed by atoms with Crippen LogP contribution in [-0.2, 0) is 0 Å². The largest absolute Gasteiger partial charge is 0.369 e. The minimum Gasteiger partial charge on any atom is -0.369 e. The van der Waals surface area contributed by atoms with Crippen LogP contribution < -0.4 is 11.3 Å². The summed E-state index contributed by atoms with van der Waals surface area (Å²) in [6.07, 6.45) is 0. The van der Waals surface area contributed by atoms with Crippen LogP contribution in [0.3, 0.4) is 0 Å². The van der Waals surface area contributed by atoms with Gasteiger partial charge in [-0.05, 0) is 52.2 Å². The normalized spacial score (nSPS) is 11.2. The molecule has 2 N–H and O–H groups in total. The molecule has 1 aromatic heterocycles. The zero-order valence-corrected chi connectivity index (χ0v) is 14.2. The lowest BCUT2D eigenvalue weighted by molar-refractivity contribution is 0.991. The molecule has 0 bridgehead atoms. The van der Waals surface area contributed by atoms with Gasteiger partial charge in [-0.25, -0.2) is 9.55 Å². The smallest absolute Gasteiger partial charge is 0.267 e. The fraction of sp³-hybridized carbons (Fsp3) is 0. The summed E-state index contributed by atoms with van der Waals surface area (Å²) in [5, 5.41) is 2.59. The molecule has 5 heteroatoms. The summed E-state index contributed by atoms with van der Waals surface area (Å²) < 4.78 is 2.48. The molecule has 0 aliphatic rings. The van der Waals surface area contributed by atoms with Crippen LogP contribution in [-0.4, -0.2) is 9.55 Å². The monoisotopic (exact) mass is 413 g/mol. The van der Waals surface area contributed by atoms with Crippen LogP contribution in [0.5, 0.6) is 0 Å². The number of nitrogen functional groups attached to an aromatic ring is 1. The summed E-state index contributed by atoms with van der Waals surface area (Å²) in [5.41, 5.74) is 7.31. The van der Waals surface area contributed by atoms with Crippen molar-refractivity contribution in [3.05, 3.63) is 74.6 Å².